The van der Waals surface area contributed by atoms with Gasteiger partial charge < -0.3 is 10.1 Å². The first-order chi connectivity index (χ1) is 10.7. The third-order valence-corrected chi connectivity index (χ3v) is 4.10. The highest BCUT2D eigenvalue weighted by molar-refractivity contribution is 5.92. The summed E-state index contributed by atoms with van der Waals surface area (Å²) in [5, 5.41) is 2.94. The van der Waals surface area contributed by atoms with Crippen LogP contribution >= 0.6 is 0 Å². The fourth-order valence-corrected chi connectivity index (χ4v) is 2.87. The van der Waals surface area contributed by atoms with E-state index in [2.05, 4.69) is 16.8 Å². The number of carbonyl (C=O) groups is 1. The summed E-state index contributed by atoms with van der Waals surface area (Å²) in [7, 11) is 2.04. The van der Waals surface area contributed by atoms with E-state index in [0.717, 1.165) is 11.4 Å². The summed E-state index contributed by atoms with van der Waals surface area (Å²) in [4.78, 5) is 14.3. The van der Waals surface area contributed by atoms with Gasteiger partial charge in [0.2, 0.25) is 5.91 Å². The molecule has 1 aromatic rings. The van der Waals surface area contributed by atoms with Gasteiger partial charge in [-0.3, -0.25) is 9.69 Å². The maximum atomic E-state index is 12.1. The molecule has 1 amide bonds. The number of nitrogens with one attached hydrogen (secondary N) is 1. The van der Waals surface area contributed by atoms with Crippen LogP contribution in [-0.4, -0.2) is 37.0 Å². The van der Waals surface area contributed by atoms with E-state index in [-0.39, 0.29) is 5.91 Å². The van der Waals surface area contributed by atoms with Crippen LogP contribution in [0.25, 0.3) is 0 Å². The number of benzene rings is 1. The Labute approximate surface area is 133 Å². The van der Waals surface area contributed by atoms with Gasteiger partial charge in [-0.15, -0.1) is 0 Å². The Bertz CT molecular complexity index is 478. The summed E-state index contributed by atoms with van der Waals surface area (Å²) in [5.41, 5.74) is 0.799. The molecule has 1 saturated carbocycles. The van der Waals surface area contributed by atoms with Gasteiger partial charge in [0.15, 0.2) is 0 Å². The van der Waals surface area contributed by atoms with Crippen molar-refractivity contribution in [3.63, 3.8) is 0 Å². The fraction of sp³-hybridized carbons (Fsp3) is 0.500. The van der Waals surface area contributed by atoms with E-state index in [1.54, 1.807) is 6.08 Å². The van der Waals surface area contributed by atoms with Crippen LogP contribution in [0.1, 0.15) is 32.1 Å². The SMILES string of the molecule is C=CCOc1ccc(NC(=O)CN(C)C2CCCCC2)cc1. The number of likely N-dealkylation sites (N-methyl/N-ethyl adjacent to an activating group) is 1. The van der Waals surface area contributed by atoms with Gasteiger partial charge >= 0.3 is 0 Å². The first-order valence-electron chi connectivity index (χ1n) is 8.03. The van der Waals surface area contributed by atoms with Crippen molar-refractivity contribution in [2.45, 2.75) is 38.1 Å². The van der Waals surface area contributed by atoms with E-state index in [0.29, 0.717) is 19.2 Å². The molecule has 0 atom stereocenters. The summed E-state index contributed by atoms with van der Waals surface area (Å²) in [6.07, 6.45) is 8.01. The van der Waals surface area contributed by atoms with Crippen molar-refractivity contribution < 1.29 is 9.53 Å². The zero-order valence-corrected chi connectivity index (χ0v) is 13.4. The molecule has 2 rings (SSSR count). The molecule has 1 aliphatic carbocycles. The average molecular weight is 302 g/mol. The van der Waals surface area contributed by atoms with Crippen LogP contribution in [0.3, 0.4) is 0 Å². The lowest BCUT2D eigenvalue weighted by Crippen LogP contribution is -2.39. The molecule has 0 spiro atoms. The van der Waals surface area contributed by atoms with E-state index < -0.39 is 0 Å². The number of carbonyl (C=O) groups excluding carboxylic acids is 1. The Kier molecular flexibility index (Phi) is 6.46. The van der Waals surface area contributed by atoms with Crippen LogP contribution < -0.4 is 10.1 Å². The zero-order valence-electron chi connectivity index (χ0n) is 13.4. The third-order valence-electron chi connectivity index (χ3n) is 4.10. The van der Waals surface area contributed by atoms with E-state index in [9.17, 15) is 4.79 Å². The molecule has 0 unspecified atom stereocenters. The molecular formula is C18H26N2O2. The Balaban J connectivity index is 1.79. The molecule has 0 aliphatic heterocycles. The summed E-state index contributed by atoms with van der Waals surface area (Å²) in [6.45, 7) is 4.54. The van der Waals surface area contributed by atoms with Crippen molar-refractivity contribution in [3.05, 3.63) is 36.9 Å². The van der Waals surface area contributed by atoms with Crippen LogP contribution in [0.2, 0.25) is 0 Å². The van der Waals surface area contributed by atoms with Gasteiger partial charge in [0.1, 0.15) is 12.4 Å². The Hall–Kier alpha value is -1.81. The van der Waals surface area contributed by atoms with Gasteiger partial charge in [0.05, 0.1) is 6.54 Å². The molecular weight excluding hydrogens is 276 g/mol. The molecule has 22 heavy (non-hydrogen) atoms. The number of ether oxygens (including phenoxy) is 1. The van der Waals surface area contributed by atoms with Gasteiger partial charge in [-0.1, -0.05) is 31.9 Å². The molecule has 0 saturated heterocycles. The highest BCUT2D eigenvalue weighted by Crippen LogP contribution is 2.21. The third kappa shape index (κ3) is 5.19. The number of amides is 1. The second-order valence-electron chi connectivity index (χ2n) is 5.88. The molecule has 1 aromatic carbocycles. The summed E-state index contributed by atoms with van der Waals surface area (Å²) in [6, 6.07) is 7.97. The summed E-state index contributed by atoms with van der Waals surface area (Å²) >= 11 is 0. The smallest absolute Gasteiger partial charge is 0.238 e. The highest BCUT2D eigenvalue weighted by atomic mass is 16.5. The molecule has 4 heteroatoms. The molecule has 1 fully saturated rings. The first-order valence-corrected chi connectivity index (χ1v) is 8.03. The van der Waals surface area contributed by atoms with Gasteiger partial charge in [0, 0.05) is 11.7 Å². The Morgan fingerprint density at radius 1 is 1.32 bits per heavy atom. The van der Waals surface area contributed by atoms with Crippen LogP contribution in [0.15, 0.2) is 36.9 Å². The lowest BCUT2D eigenvalue weighted by molar-refractivity contribution is -0.117. The fourth-order valence-electron chi connectivity index (χ4n) is 2.87. The lowest BCUT2D eigenvalue weighted by Gasteiger charge is -2.30. The van der Waals surface area contributed by atoms with Gasteiger partial charge in [-0.05, 0) is 44.2 Å². The van der Waals surface area contributed by atoms with Gasteiger partial charge in [0.25, 0.3) is 0 Å². The van der Waals surface area contributed by atoms with Crippen molar-refractivity contribution in [2.75, 3.05) is 25.5 Å². The minimum absolute atomic E-state index is 0.0350. The topological polar surface area (TPSA) is 41.6 Å². The monoisotopic (exact) mass is 302 g/mol. The van der Waals surface area contributed by atoms with Crippen LogP contribution in [0, 0.1) is 0 Å². The minimum atomic E-state index is 0.0350. The van der Waals surface area contributed by atoms with E-state index in [1.807, 2.05) is 31.3 Å². The standard InChI is InChI=1S/C18H26N2O2/c1-3-13-22-17-11-9-15(10-12-17)19-18(21)14-20(2)16-7-5-4-6-8-16/h3,9-12,16H,1,4-8,13-14H2,2H3,(H,19,21). The van der Waals surface area contributed by atoms with Crippen LogP contribution in [0.4, 0.5) is 5.69 Å². The number of hydrogen-bond donors (Lipinski definition) is 1. The lowest BCUT2D eigenvalue weighted by atomic mass is 9.94. The second kappa shape index (κ2) is 8.59. The predicted molar refractivity (Wildman–Crippen MR) is 90.3 cm³/mol. The van der Waals surface area contributed by atoms with Crippen LogP contribution in [0.5, 0.6) is 5.75 Å². The average Bonchev–Trinajstić information content (AvgIpc) is 2.55. The number of hydrogen-bond acceptors (Lipinski definition) is 3. The Morgan fingerprint density at radius 3 is 2.64 bits per heavy atom. The van der Waals surface area contributed by atoms with E-state index in [1.165, 1.54) is 32.1 Å². The molecule has 0 radical (unpaired) electrons. The highest BCUT2D eigenvalue weighted by Gasteiger charge is 2.19. The van der Waals surface area contributed by atoms with Crippen LogP contribution in [-0.2, 0) is 4.79 Å². The van der Waals surface area contributed by atoms with Gasteiger partial charge in [-0.2, -0.15) is 0 Å². The summed E-state index contributed by atoms with van der Waals surface area (Å²) in [5.74, 6) is 0.810. The largest absolute Gasteiger partial charge is 0.490 e. The normalized spacial score (nSPS) is 15.5. The molecule has 0 bridgehead atoms. The van der Waals surface area contributed by atoms with E-state index in [4.69, 9.17) is 4.74 Å². The van der Waals surface area contributed by atoms with Crippen molar-refractivity contribution in [3.8, 4) is 5.75 Å². The second-order valence-corrected chi connectivity index (χ2v) is 5.88. The number of anilines is 1. The summed E-state index contributed by atoms with van der Waals surface area (Å²) < 4.78 is 5.42. The molecule has 4 nitrogen and oxygen atoms in total. The molecule has 1 aliphatic rings. The maximum absolute atomic E-state index is 12.1. The molecule has 0 heterocycles. The molecule has 1 N–H and O–H groups in total. The molecule has 0 aromatic heterocycles. The first kappa shape index (κ1) is 16.6. The minimum Gasteiger partial charge on any atom is -0.490 e. The van der Waals surface area contributed by atoms with Crippen molar-refractivity contribution in [2.24, 2.45) is 0 Å². The van der Waals surface area contributed by atoms with Crippen molar-refractivity contribution >= 4 is 11.6 Å². The van der Waals surface area contributed by atoms with Crippen molar-refractivity contribution in [1.82, 2.24) is 4.90 Å². The number of rotatable bonds is 7. The Morgan fingerprint density at radius 2 is 2.00 bits per heavy atom. The van der Waals surface area contributed by atoms with E-state index >= 15 is 0 Å². The maximum Gasteiger partial charge on any atom is 0.238 e. The zero-order chi connectivity index (χ0) is 15.8. The van der Waals surface area contributed by atoms with Gasteiger partial charge in [-0.25, -0.2) is 0 Å². The quantitative estimate of drug-likeness (QED) is 0.784. The predicted octanol–water partition coefficient (Wildman–Crippen LogP) is 3.45. The van der Waals surface area contributed by atoms with Crippen molar-refractivity contribution in [1.29, 1.82) is 0 Å². The number of nitrogens with zero attached hydrogens (tertiary/aromatic N) is 1. The molecule has 120 valence electrons.